The Morgan fingerprint density at radius 3 is 2.58 bits per heavy atom. The lowest BCUT2D eigenvalue weighted by atomic mass is 9.82. The van der Waals surface area contributed by atoms with Gasteiger partial charge in [0.05, 0.1) is 4.99 Å². The number of carbonyl (C=O) groups is 2. The third kappa shape index (κ3) is 3.05. The first-order chi connectivity index (χ1) is 9.05. The van der Waals surface area contributed by atoms with Crippen LogP contribution < -0.4 is 11.1 Å². The first-order valence-corrected chi connectivity index (χ1v) is 7.38. The van der Waals surface area contributed by atoms with E-state index in [1.165, 1.54) is 4.90 Å². The van der Waals surface area contributed by atoms with Gasteiger partial charge in [-0.15, -0.1) is 0 Å². The topological polar surface area (TPSA) is 75.4 Å². The lowest BCUT2D eigenvalue weighted by Crippen LogP contribution is -2.48. The van der Waals surface area contributed by atoms with Crippen LogP contribution in [0, 0.1) is 0 Å². The first kappa shape index (κ1) is 14.2. The van der Waals surface area contributed by atoms with Crippen LogP contribution in [0.5, 0.6) is 0 Å². The molecule has 1 aliphatic heterocycles. The molecule has 1 heterocycles. The number of thiocarbonyl (C=S) groups is 1. The summed E-state index contributed by atoms with van der Waals surface area (Å²) >= 11 is 4.81. The van der Waals surface area contributed by atoms with E-state index in [-0.39, 0.29) is 11.9 Å². The van der Waals surface area contributed by atoms with E-state index in [0.717, 1.165) is 44.9 Å². The second kappa shape index (κ2) is 5.86. The number of rotatable bonds is 5. The first-order valence-electron chi connectivity index (χ1n) is 6.98. The molecule has 0 aromatic carbocycles. The molecule has 1 saturated carbocycles. The van der Waals surface area contributed by atoms with Crippen molar-refractivity contribution in [2.24, 2.45) is 5.73 Å². The van der Waals surface area contributed by atoms with Gasteiger partial charge < -0.3 is 11.1 Å². The fraction of sp³-hybridized carbons (Fsp3) is 0.769. The van der Waals surface area contributed by atoms with Crippen molar-refractivity contribution in [2.45, 2.75) is 56.9 Å². The van der Waals surface area contributed by atoms with Gasteiger partial charge in [0.1, 0.15) is 5.54 Å². The highest BCUT2D eigenvalue weighted by atomic mass is 32.1. The minimum atomic E-state index is -0.599. The zero-order valence-electron chi connectivity index (χ0n) is 11.1. The summed E-state index contributed by atoms with van der Waals surface area (Å²) < 4.78 is 0. The highest BCUT2D eigenvalue weighted by molar-refractivity contribution is 7.80. The summed E-state index contributed by atoms with van der Waals surface area (Å²) in [4.78, 5) is 26.2. The van der Waals surface area contributed by atoms with E-state index in [4.69, 9.17) is 18.0 Å². The molecule has 6 heteroatoms. The molecule has 2 aliphatic rings. The Hall–Kier alpha value is -1.17. The number of amides is 3. The van der Waals surface area contributed by atoms with Gasteiger partial charge >= 0.3 is 6.03 Å². The van der Waals surface area contributed by atoms with Gasteiger partial charge in [-0.1, -0.05) is 31.5 Å². The van der Waals surface area contributed by atoms with Crippen molar-refractivity contribution in [2.75, 3.05) is 6.54 Å². The van der Waals surface area contributed by atoms with Crippen molar-refractivity contribution < 1.29 is 9.59 Å². The van der Waals surface area contributed by atoms with Crippen molar-refractivity contribution in [3.63, 3.8) is 0 Å². The molecule has 2 fully saturated rings. The summed E-state index contributed by atoms with van der Waals surface area (Å²) in [6.45, 7) is 0.467. The van der Waals surface area contributed by atoms with Crippen LogP contribution in [0.3, 0.4) is 0 Å². The number of unbranched alkanes of at least 4 members (excludes halogenated alkanes) is 1. The average Bonchev–Trinajstić information content (AvgIpc) is 2.59. The number of carbonyl (C=O) groups excluding carboxylic acids is 2. The molecular weight excluding hydrogens is 262 g/mol. The van der Waals surface area contributed by atoms with Gasteiger partial charge in [0.2, 0.25) is 0 Å². The molecule has 19 heavy (non-hydrogen) atoms. The number of hydrogen-bond acceptors (Lipinski definition) is 3. The van der Waals surface area contributed by atoms with E-state index in [9.17, 15) is 9.59 Å². The fourth-order valence-corrected chi connectivity index (χ4v) is 3.09. The highest BCUT2D eigenvalue weighted by Crippen LogP contribution is 2.33. The summed E-state index contributed by atoms with van der Waals surface area (Å²) in [6.07, 6.45) is 6.99. The average molecular weight is 283 g/mol. The van der Waals surface area contributed by atoms with Gasteiger partial charge in [0.15, 0.2) is 0 Å². The molecule has 3 amide bonds. The molecule has 3 N–H and O–H groups in total. The van der Waals surface area contributed by atoms with E-state index >= 15 is 0 Å². The Morgan fingerprint density at radius 1 is 1.26 bits per heavy atom. The van der Waals surface area contributed by atoms with Gasteiger partial charge in [0.25, 0.3) is 5.91 Å². The molecule has 1 spiro atoms. The molecule has 2 rings (SSSR count). The number of nitrogens with two attached hydrogens (primary N) is 1. The van der Waals surface area contributed by atoms with E-state index in [1.54, 1.807) is 0 Å². The molecule has 1 saturated heterocycles. The minimum absolute atomic E-state index is 0.0347. The summed E-state index contributed by atoms with van der Waals surface area (Å²) in [5.74, 6) is -0.0347. The Kier molecular flexibility index (Phi) is 4.39. The zero-order valence-corrected chi connectivity index (χ0v) is 11.9. The quantitative estimate of drug-likeness (QED) is 0.457. The standard InChI is InChI=1S/C13H21N3O2S/c14-10(19)6-2-5-9-16-11(17)13(15-12(16)18)7-3-1-4-8-13/h1-9H2,(H2,14,19)(H,15,18). The summed E-state index contributed by atoms with van der Waals surface area (Å²) in [7, 11) is 0. The molecule has 0 aromatic rings. The molecule has 0 aromatic heterocycles. The summed E-state index contributed by atoms with van der Waals surface area (Å²) in [6, 6.07) is -0.234. The summed E-state index contributed by atoms with van der Waals surface area (Å²) in [5.41, 5.74) is 4.83. The molecule has 106 valence electrons. The van der Waals surface area contributed by atoms with Crippen molar-refractivity contribution in [3.05, 3.63) is 0 Å². The third-order valence-corrected chi connectivity index (χ3v) is 4.21. The van der Waals surface area contributed by atoms with Gasteiger partial charge in [-0.2, -0.15) is 0 Å². The predicted octanol–water partition coefficient (Wildman–Crippen LogP) is 1.70. The second-order valence-electron chi connectivity index (χ2n) is 5.45. The smallest absolute Gasteiger partial charge is 0.325 e. The van der Waals surface area contributed by atoms with Gasteiger partial charge in [-0.3, -0.25) is 9.69 Å². The largest absolute Gasteiger partial charge is 0.393 e. The molecular formula is C13H21N3O2S. The Labute approximate surface area is 118 Å². The molecule has 0 radical (unpaired) electrons. The van der Waals surface area contributed by atoms with Crippen LogP contribution in [0.25, 0.3) is 0 Å². The van der Waals surface area contributed by atoms with Crippen molar-refractivity contribution in [3.8, 4) is 0 Å². The minimum Gasteiger partial charge on any atom is -0.393 e. The normalized spacial score (nSPS) is 21.8. The fourth-order valence-electron chi connectivity index (χ4n) is 2.94. The SMILES string of the molecule is NC(=S)CCCCN1C(=O)NC2(CCCCC2)C1=O. The van der Waals surface area contributed by atoms with Crippen LogP contribution in [0.2, 0.25) is 0 Å². The van der Waals surface area contributed by atoms with Gasteiger partial charge in [-0.25, -0.2) is 4.79 Å². The van der Waals surface area contributed by atoms with E-state index in [1.807, 2.05) is 0 Å². The molecule has 0 bridgehead atoms. The lowest BCUT2D eigenvalue weighted by Gasteiger charge is -2.30. The van der Waals surface area contributed by atoms with Crippen LogP contribution in [0.1, 0.15) is 51.4 Å². The zero-order chi connectivity index (χ0) is 13.9. The second-order valence-corrected chi connectivity index (χ2v) is 5.98. The maximum absolute atomic E-state index is 12.4. The van der Waals surface area contributed by atoms with Crippen LogP contribution in [0.4, 0.5) is 4.79 Å². The van der Waals surface area contributed by atoms with Crippen molar-refractivity contribution >= 4 is 29.1 Å². The predicted molar refractivity (Wildman–Crippen MR) is 76.7 cm³/mol. The number of imide groups is 1. The van der Waals surface area contributed by atoms with E-state index in [0.29, 0.717) is 18.0 Å². The number of nitrogens with one attached hydrogen (secondary N) is 1. The number of urea groups is 1. The maximum Gasteiger partial charge on any atom is 0.325 e. The summed E-state index contributed by atoms with van der Waals surface area (Å²) in [5, 5.41) is 2.91. The Bertz CT molecular complexity index is 391. The monoisotopic (exact) mass is 283 g/mol. The Morgan fingerprint density at radius 2 is 1.95 bits per heavy atom. The van der Waals surface area contributed by atoms with Gasteiger partial charge in [-0.05, 0) is 32.1 Å². The Balaban J connectivity index is 1.89. The third-order valence-electron chi connectivity index (χ3n) is 4.01. The van der Waals surface area contributed by atoms with Crippen molar-refractivity contribution in [1.29, 1.82) is 0 Å². The van der Waals surface area contributed by atoms with Crippen LogP contribution in [-0.4, -0.2) is 33.9 Å². The highest BCUT2D eigenvalue weighted by Gasteiger charge is 2.50. The van der Waals surface area contributed by atoms with Crippen LogP contribution in [-0.2, 0) is 4.79 Å². The van der Waals surface area contributed by atoms with Crippen molar-refractivity contribution in [1.82, 2.24) is 10.2 Å². The van der Waals surface area contributed by atoms with E-state index in [2.05, 4.69) is 5.32 Å². The molecule has 5 nitrogen and oxygen atoms in total. The maximum atomic E-state index is 12.4. The molecule has 1 aliphatic carbocycles. The number of nitrogens with zero attached hydrogens (tertiary/aromatic N) is 1. The molecule has 0 atom stereocenters. The van der Waals surface area contributed by atoms with E-state index < -0.39 is 5.54 Å². The number of hydrogen-bond donors (Lipinski definition) is 2. The van der Waals surface area contributed by atoms with Crippen LogP contribution in [0.15, 0.2) is 0 Å². The lowest BCUT2D eigenvalue weighted by molar-refractivity contribution is -0.132. The van der Waals surface area contributed by atoms with Crippen LogP contribution >= 0.6 is 12.2 Å². The van der Waals surface area contributed by atoms with Gasteiger partial charge in [0, 0.05) is 6.54 Å². The molecule has 0 unspecified atom stereocenters.